The Kier molecular flexibility index (Phi) is 8.78. The van der Waals surface area contributed by atoms with Crippen LogP contribution < -0.4 is 4.74 Å². The van der Waals surface area contributed by atoms with Gasteiger partial charge >= 0.3 is 0 Å². The summed E-state index contributed by atoms with van der Waals surface area (Å²) >= 11 is 5.70. The molecule has 7 nitrogen and oxygen atoms in total. The second-order valence-corrected chi connectivity index (χ2v) is 11.2. The molecule has 2 aromatic carbocycles. The number of sulfone groups is 1. The van der Waals surface area contributed by atoms with Gasteiger partial charge in [0.25, 0.3) is 0 Å². The van der Waals surface area contributed by atoms with Crippen molar-refractivity contribution in [3.8, 4) is 5.75 Å². The summed E-state index contributed by atoms with van der Waals surface area (Å²) in [5.74, 6) is 1.17. The quantitative estimate of drug-likeness (QED) is 0.204. The average Bonchev–Trinajstić information content (AvgIpc) is 3.50. The van der Waals surface area contributed by atoms with Crippen LogP contribution in [0.4, 0.5) is 4.39 Å². The van der Waals surface area contributed by atoms with Gasteiger partial charge in [-0.3, -0.25) is 0 Å². The second-order valence-electron chi connectivity index (χ2n) is 8.68. The maximum absolute atomic E-state index is 13.5. The Hall–Kier alpha value is -3.43. The molecule has 0 aliphatic rings. The summed E-state index contributed by atoms with van der Waals surface area (Å²) < 4.78 is 49.7. The van der Waals surface area contributed by atoms with E-state index in [1.54, 1.807) is 24.4 Å². The Bertz CT molecular complexity index is 1460. The van der Waals surface area contributed by atoms with E-state index in [-0.39, 0.29) is 17.4 Å². The molecule has 0 spiro atoms. The summed E-state index contributed by atoms with van der Waals surface area (Å²) in [5.41, 5.74) is 2.49. The molecule has 0 N–H and O–H groups in total. The van der Waals surface area contributed by atoms with Crippen molar-refractivity contribution in [2.45, 2.75) is 38.2 Å². The van der Waals surface area contributed by atoms with Crippen LogP contribution in [0, 0.1) is 5.82 Å². The SMILES string of the molecule is CS(=O)(=O)Cc1nccn1CCCCc1ccc(OCc2coc(C=Cc3ccc(Cl)c(F)c3)n2)cc1. The second kappa shape index (κ2) is 12.2. The fourth-order valence-corrected chi connectivity index (χ4v) is 4.52. The molecule has 0 aliphatic carbocycles. The molecule has 2 aromatic heterocycles. The summed E-state index contributed by atoms with van der Waals surface area (Å²) in [6, 6.07) is 12.4. The predicted molar refractivity (Wildman–Crippen MR) is 141 cm³/mol. The monoisotopic (exact) mass is 543 g/mol. The van der Waals surface area contributed by atoms with Gasteiger partial charge in [-0.25, -0.2) is 22.8 Å². The van der Waals surface area contributed by atoms with Gasteiger partial charge in [-0.05, 0) is 60.7 Å². The Morgan fingerprint density at radius 1 is 1.14 bits per heavy atom. The molecule has 0 amide bonds. The summed E-state index contributed by atoms with van der Waals surface area (Å²) in [7, 11) is -3.11. The van der Waals surface area contributed by atoms with E-state index in [2.05, 4.69) is 9.97 Å². The summed E-state index contributed by atoms with van der Waals surface area (Å²) in [6.45, 7) is 0.991. The van der Waals surface area contributed by atoms with E-state index < -0.39 is 15.7 Å². The van der Waals surface area contributed by atoms with Crippen molar-refractivity contribution in [3.63, 3.8) is 0 Å². The number of imidazole rings is 1. The maximum atomic E-state index is 13.5. The van der Waals surface area contributed by atoms with E-state index in [4.69, 9.17) is 20.8 Å². The lowest BCUT2D eigenvalue weighted by atomic mass is 10.1. The van der Waals surface area contributed by atoms with Gasteiger partial charge in [-0.2, -0.15) is 0 Å². The molecule has 37 heavy (non-hydrogen) atoms. The third-order valence-electron chi connectivity index (χ3n) is 5.55. The van der Waals surface area contributed by atoms with Crippen molar-refractivity contribution in [1.29, 1.82) is 0 Å². The van der Waals surface area contributed by atoms with E-state index in [1.807, 2.05) is 35.0 Å². The van der Waals surface area contributed by atoms with Crippen molar-refractivity contribution < 1.29 is 22.0 Å². The van der Waals surface area contributed by atoms with Gasteiger partial charge in [0.2, 0.25) is 5.89 Å². The van der Waals surface area contributed by atoms with E-state index in [0.717, 1.165) is 31.6 Å². The third-order valence-corrected chi connectivity index (χ3v) is 6.64. The van der Waals surface area contributed by atoms with E-state index in [9.17, 15) is 12.8 Å². The van der Waals surface area contributed by atoms with Crippen LogP contribution in [-0.2, 0) is 35.2 Å². The summed E-state index contributed by atoms with van der Waals surface area (Å²) in [5, 5.41) is 0.0773. The molecular weight excluding hydrogens is 517 g/mol. The van der Waals surface area contributed by atoms with Crippen molar-refractivity contribution in [3.05, 3.63) is 100 Å². The Balaban J connectivity index is 1.20. The first-order valence-electron chi connectivity index (χ1n) is 11.7. The molecule has 10 heteroatoms. The van der Waals surface area contributed by atoms with Crippen molar-refractivity contribution >= 4 is 33.6 Å². The number of unbranched alkanes of at least 4 members (excludes halogenated alkanes) is 1. The molecule has 0 saturated carbocycles. The highest BCUT2D eigenvalue weighted by molar-refractivity contribution is 7.89. The third kappa shape index (κ3) is 8.30. The Labute approximate surface area is 220 Å². The fourth-order valence-electron chi connectivity index (χ4n) is 3.69. The van der Waals surface area contributed by atoms with Gasteiger partial charge in [-0.1, -0.05) is 29.8 Å². The van der Waals surface area contributed by atoms with Crippen LogP contribution in [0.1, 0.15) is 41.4 Å². The van der Waals surface area contributed by atoms with Crippen LogP contribution in [0.5, 0.6) is 5.75 Å². The largest absolute Gasteiger partial charge is 0.487 e. The standard InChI is InChI=1S/C27H27ClFN3O4S/c1-37(33,34)19-26-30-13-15-32(26)14-3-2-4-20-5-9-23(10-6-20)35-17-22-18-36-27(31-22)12-8-21-7-11-24(28)25(29)16-21/h5-13,15-16,18H,2-4,14,17,19H2,1H3. The normalized spacial score (nSPS) is 11.9. The Morgan fingerprint density at radius 3 is 2.70 bits per heavy atom. The Morgan fingerprint density at radius 2 is 1.95 bits per heavy atom. The van der Waals surface area contributed by atoms with Crippen molar-refractivity contribution in [2.75, 3.05) is 6.26 Å². The zero-order valence-electron chi connectivity index (χ0n) is 20.3. The van der Waals surface area contributed by atoms with Gasteiger partial charge in [0.15, 0.2) is 9.84 Å². The number of oxazole rings is 1. The zero-order valence-corrected chi connectivity index (χ0v) is 21.9. The first kappa shape index (κ1) is 26.6. The van der Waals surface area contributed by atoms with E-state index >= 15 is 0 Å². The van der Waals surface area contributed by atoms with Crippen LogP contribution in [-0.4, -0.2) is 29.2 Å². The molecule has 0 bridgehead atoms. The smallest absolute Gasteiger partial charge is 0.218 e. The van der Waals surface area contributed by atoms with Gasteiger partial charge in [0, 0.05) is 31.3 Å². The number of nitrogens with zero attached hydrogens (tertiary/aromatic N) is 3. The highest BCUT2D eigenvalue weighted by Crippen LogP contribution is 2.19. The molecule has 0 fully saturated rings. The lowest BCUT2D eigenvalue weighted by molar-refractivity contribution is 0.301. The van der Waals surface area contributed by atoms with Crippen LogP contribution >= 0.6 is 11.6 Å². The number of hydrogen-bond acceptors (Lipinski definition) is 6. The minimum Gasteiger partial charge on any atom is -0.487 e. The van der Waals surface area contributed by atoms with Gasteiger partial charge in [-0.15, -0.1) is 0 Å². The van der Waals surface area contributed by atoms with E-state index in [0.29, 0.717) is 23.0 Å². The average molecular weight is 544 g/mol. The molecule has 0 radical (unpaired) electrons. The van der Waals surface area contributed by atoms with Crippen LogP contribution in [0.2, 0.25) is 5.02 Å². The minimum absolute atomic E-state index is 0.0432. The molecule has 0 saturated heterocycles. The highest BCUT2D eigenvalue weighted by Gasteiger charge is 2.10. The molecule has 0 atom stereocenters. The number of halogens is 2. The van der Waals surface area contributed by atoms with Gasteiger partial charge in [0.05, 0.1) is 5.02 Å². The van der Waals surface area contributed by atoms with Crippen molar-refractivity contribution in [1.82, 2.24) is 14.5 Å². The first-order valence-corrected chi connectivity index (χ1v) is 14.2. The van der Waals surface area contributed by atoms with Crippen LogP contribution in [0.15, 0.2) is 65.5 Å². The van der Waals surface area contributed by atoms with E-state index in [1.165, 1.54) is 30.2 Å². The number of aromatic nitrogens is 3. The number of ether oxygens (including phenoxy) is 1. The molecule has 4 aromatic rings. The molecule has 0 aliphatic heterocycles. The lowest BCUT2D eigenvalue weighted by Gasteiger charge is -2.08. The molecule has 194 valence electrons. The van der Waals surface area contributed by atoms with Crippen LogP contribution in [0.3, 0.4) is 0 Å². The predicted octanol–water partition coefficient (Wildman–Crippen LogP) is 5.98. The maximum Gasteiger partial charge on any atom is 0.218 e. The van der Waals surface area contributed by atoms with Crippen LogP contribution in [0.25, 0.3) is 12.2 Å². The number of benzene rings is 2. The molecule has 0 unspecified atom stereocenters. The number of rotatable bonds is 12. The molecule has 2 heterocycles. The highest BCUT2D eigenvalue weighted by atomic mass is 35.5. The molecular formula is C27H27ClFN3O4S. The summed E-state index contributed by atoms with van der Waals surface area (Å²) in [6.07, 6.45) is 12.3. The number of hydrogen-bond donors (Lipinski definition) is 0. The zero-order chi connectivity index (χ0) is 26.3. The van der Waals surface area contributed by atoms with Gasteiger partial charge in [0.1, 0.15) is 41.7 Å². The van der Waals surface area contributed by atoms with Crippen molar-refractivity contribution in [2.24, 2.45) is 0 Å². The first-order chi connectivity index (χ1) is 17.7. The minimum atomic E-state index is -3.11. The van der Waals surface area contributed by atoms with Gasteiger partial charge < -0.3 is 13.7 Å². The molecule has 4 rings (SSSR count). The lowest BCUT2D eigenvalue weighted by Crippen LogP contribution is -2.09. The summed E-state index contributed by atoms with van der Waals surface area (Å²) in [4.78, 5) is 8.51. The topological polar surface area (TPSA) is 87.2 Å². The number of aryl methyl sites for hydroxylation is 2. The fraction of sp³-hybridized carbons (Fsp3) is 0.259.